The summed E-state index contributed by atoms with van der Waals surface area (Å²) in [5, 5.41) is 9.66. The van der Waals surface area contributed by atoms with Gasteiger partial charge >= 0.3 is 11.9 Å². The summed E-state index contributed by atoms with van der Waals surface area (Å²) in [6.07, 6.45) is 85.2. The van der Waals surface area contributed by atoms with Gasteiger partial charge in [0.05, 0.1) is 6.61 Å². The lowest BCUT2D eigenvalue weighted by atomic mass is 10.0. The number of hydrogen-bond donors (Lipinski definition) is 1. The van der Waals surface area contributed by atoms with Crippen molar-refractivity contribution in [3.8, 4) is 0 Å². The molecule has 1 N–H and O–H groups in total. The number of unbranched alkanes of at least 4 members (excludes halogenated alkanes) is 41. The van der Waals surface area contributed by atoms with Crippen molar-refractivity contribution in [2.24, 2.45) is 0 Å². The van der Waals surface area contributed by atoms with Crippen LogP contribution in [0.4, 0.5) is 0 Å². The van der Waals surface area contributed by atoms with E-state index < -0.39 is 6.10 Å². The topological polar surface area (TPSA) is 72.8 Å². The smallest absolute Gasteiger partial charge is 0.306 e. The van der Waals surface area contributed by atoms with E-state index in [9.17, 15) is 14.7 Å². The summed E-state index contributed by atoms with van der Waals surface area (Å²) in [6, 6.07) is 0. The third kappa shape index (κ3) is 60.2. The zero-order valence-corrected chi connectivity index (χ0v) is 48.2. The molecule has 5 nitrogen and oxygen atoms in total. The maximum absolute atomic E-state index is 12.3. The minimum atomic E-state index is -0.774. The molecule has 0 aliphatic heterocycles. The van der Waals surface area contributed by atoms with Crippen LogP contribution in [0.5, 0.6) is 0 Å². The van der Waals surface area contributed by atoms with Crippen LogP contribution in [0.2, 0.25) is 0 Å². The van der Waals surface area contributed by atoms with Crippen molar-refractivity contribution >= 4 is 11.9 Å². The monoisotopic (exact) mass is 1010 g/mol. The van der Waals surface area contributed by atoms with Gasteiger partial charge in [-0.05, 0) is 83.5 Å². The van der Waals surface area contributed by atoms with E-state index in [2.05, 4.69) is 74.6 Å². The van der Waals surface area contributed by atoms with Gasteiger partial charge in [0.25, 0.3) is 0 Å². The molecule has 0 aliphatic rings. The van der Waals surface area contributed by atoms with Crippen molar-refractivity contribution in [3.63, 3.8) is 0 Å². The van der Waals surface area contributed by atoms with Crippen molar-refractivity contribution in [3.05, 3.63) is 60.8 Å². The molecular formula is C67H122O5. The number of aliphatic hydroxyl groups excluding tert-OH is 1. The normalized spacial score (nSPS) is 12.5. The second kappa shape index (κ2) is 62.9. The largest absolute Gasteiger partial charge is 0.462 e. The van der Waals surface area contributed by atoms with E-state index in [4.69, 9.17) is 9.47 Å². The van der Waals surface area contributed by atoms with Crippen LogP contribution in [0.3, 0.4) is 0 Å². The molecule has 420 valence electrons. The van der Waals surface area contributed by atoms with Crippen LogP contribution in [0.15, 0.2) is 60.8 Å². The van der Waals surface area contributed by atoms with Gasteiger partial charge in [0.1, 0.15) is 6.61 Å². The zero-order chi connectivity index (χ0) is 52.0. The standard InChI is InChI=1S/C67H122O5/c1-3-5-7-9-11-13-15-17-19-21-23-24-25-26-27-28-29-30-31-32-33-34-35-36-37-38-39-40-41-42-44-46-48-50-52-54-56-58-60-62-67(70)72-65(63-68)64-71-66(69)61-59-57-55-53-51-49-47-45-43-22-20-18-16-14-12-10-8-6-4-2/h12,14-15,17-18,20-21,23,25-26,65,68H,3-11,13,16,19,22,24,27-64H2,1-2H3/b14-12-,17-15-,20-18-,23-21-,26-25-. The van der Waals surface area contributed by atoms with E-state index in [1.54, 1.807) is 0 Å². The molecule has 0 aromatic heterocycles. The van der Waals surface area contributed by atoms with Gasteiger partial charge in [-0.3, -0.25) is 9.59 Å². The molecule has 0 heterocycles. The molecule has 0 aromatic carbocycles. The number of hydrogen-bond acceptors (Lipinski definition) is 5. The maximum Gasteiger partial charge on any atom is 0.306 e. The van der Waals surface area contributed by atoms with Crippen molar-refractivity contribution in [1.82, 2.24) is 0 Å². The first-order valence-corrected chi connectivity index (χ1v) is 31.8. The van der Waals surface area contributed by atoms with E-state index in [1.807, 2.05) is 0 Å². The Balaban J connectivity index is 3.40. The molecule has 0 amide bonds. The first-order chi connectivity index (χ1) is 35.6. The lowest BCUT2D eigenvalue weighted by Gasteiger charge is -2.15. The summed E-state index contributed by atoms with van der Waals surface area (Å²) in [6.45, 7) is 4.14. The van der Waals surface area contributed by atoms with Crippen LogP contribution < -0.4 is 0 Å². The molecule has 0 spiro atoms. The van der Waals surface area contributed by atoms with Gasteiger partial charge in [-0.2, -0.15) is 0 Å². The minimum absolute atomic E-state index is 0.0653. The summed E-state index contributed by atoms with van der Waals surface area (Å²) in [5.41, 5.74) is 0. The van der Waals surface area contributed by atoms with E-state index in [0.29, 0.717) is 12.8 Å². The van der Waals surface area contributed by atoms with Gasteiger partial charge in [0.15, 0.2) is 6.10 Å². The fourth-order valence-electron chi connectivity index (χ4n) is 9.48. The van der Waals surface area contributed by atoms with Gasteiger partial charge in [0.2, 0.25) is 0 Å². The predicted octanol–water partition coefficient (Wildman–Crippen LogP) is 21.8. The lowest BCUT2D eigenvalue weighted by molar-refractivity contribution is -0.161. The Labute approximate surface area is 449 Å². The number of aliphatic hydroxyl groups is 1. The second-order valence-corrected chi connectivity index (χ2v) is 21.5. The van der Waals surface area contributed by atoms with Gasteiger partial charge in [-0.25, -0.2) is 0 Å². The molecule has 1 unspecified atom stereocenters. The Morgan fingerprint density at radius 1 is 0.319 bits per heavy atom. The fraction of sp³-hybridized carbons (Fsp3) is 0.821. The third-order valence-electron chi connectivity index (χ3n) is 14.3. The first kappa shape index (κ1) is 69.6. The van der Waals surface area contributed by atoms with Gasteiger partial charge in [-0.15, -0.1) is 0 Å². The summed E-state index contributed by atoms with van der Waals surface area (Å²) >= 11 is 0. The number of ether oxygens (including phenoxy) is 2. The number of carbonyl (C=O) groups excluding carboxylic acids is 2. The van der Waals surface area contributed by atoms with Gasteiger partial charge < -0.3 is 14.6 Å². The van der Waals surface area contributed by atoms with Gasteiger partial charge in [-0.1, -0.05) is 299 Å². The first-order valence-electron chi connectivity index (χ1n) is 31.8. The number of carbonyl (C=O) groups is 2. The molecule has 0 bridgehead atoms. The van der Waals surface area contributed by atoms with Crippen molar-refractivity contribution in [2.45, 2.75) is 341 Å². The van der Waals surface area contributed by atoms with Crippen molar-refractivity contribution in [1.29, 1.82) is 0 Å². The molecule has 0 saturated heterocycles. The second-order valence-electron chi connectivity index (χ2n) is 21.5. The highest BCUT2D eigenvalue weighted by Gasteiger charge is 2.16. The Kier molecular flexibility index (Phi) is 60.8. The average molecular weight is 1010 g/mol. The van der Waals surface area contributed by atoms with Crippen LogP contribution in [-0.4, -0.2) is 36.4 Å². The molecule has 0 rings (SSSR count). The fourth-order valence-corrected chi connectivity index (χ4v) is 9.48. The summed E-state index contributed by atoms with van der Waals surface area (Å²) < 4.78 is 10.7. The molecule has 0 saturated carbocycles. The molecule has 0 radical (unpaired) electrons. The summed E-state index contributed by atoms with van der Waals surface area (Å²) in [4.78, 5) is 24.5. The number of allylic oxidation sites excluding steroid dienone is 10. The average Bonchev–Trinajstić information content (AvgIpc) is 3.38. The Morgan fingerprint density at radius 2 is 0.556 bits per heavy atom. The Bertz CT molecular complexity index is 1230. The maximum atomic E-state index is 12.3. The molecular weight excluding hydrogens is 885 g/mol. The van der Waals surface area contributed by atoms with E-state index in [1.165, 1.54) is 250 Å². The van der Waals surface area contributed by atoms with Crippen LogP contribution in [-0.2, 0) is 19.1 Å². The molecule has 5 heteroatoms. The molecule has 0 aromatic rings. The molecule has 0 fully saturated rings. The van der Waals surface area contributed by atoms with Crippen LogP contribution in [0.25, 0.3) is 0 Å². The third-order valence-corrected chi connectivity index (χ3v) is 14.3. The van der Waals surface area contributed by atoms with Crippen molar-refractivity contribution < 1.29 is 24.2 Å². The van der Waals surface area contributed by atoms with Crippen LogP contribution in [0.1, 0.15) is 335 Å². The van der Waals surface area contributed by atoms with E-state index in [0.717, 1.165) is 57.8 Å². The highest BCUT2D eigenvalue weighted by molar-refractivity contribution is 5.70. The van der Waals surface area contributed by atoms with E-state index >= 15 is 0 Å². The summed E-state index contributed by atoms with van der Waals surface area (Å²) in [5.74, 6) is -0.581. The van der Waals surface area contributed by atoms with E-state index in [-0.39, 0.29) is 25.2 Å². The van der Waals surface area contributed by atoms with Crippen LogP contribution in [0, 0.1) is 0 Å². The molecule has 1 atom stereocenters. The number of esters is 2. The molecule has 72 heavy (non-hydrogen) atoms. The van der Waals surface area contributed by atoms with Crippen LogP contribution >= 0.6 is 0 Å². The number of rotatable bonds is 59. The Morgan fingerprint density at radius 3 is 0.861 bits per heavy atom. The highest BCUT2D eigenvalue weighted by atomic mass is 16.6. The van der Waals surface area contributed by atoms with Crippen molar-refractivity contribution in [2.75, 3.05) is 13.2 Å². The SMILES string of the molecule is CCCCC/C=C\C/C=C\CCCCCCCCCCCC(=O)OCC(CO)OC(=O)CCCCCCCCCCCCCCCCCCCCCCCCCC/C=C\C/C=C\C/C=C\CCCCCCC. The highest BCUT2D eigenvalue weighted by Crippen LogP contribution is 2.18. The lowest BCUT2D eigenvalue weighted by Crippen LogP contribution is -2.28. The predicted molar refractivity (Wildman–Crippen MR) is 316 cm³/mol. The van der Waals surface area contributed by atoms with Gasteiger partial charge in [0, 0.05) is 12.8 Å². The minimum Gasteiger partial charge on any atom is -0.462 e. The Hall–Kier alpha value is -2.40. The quantitative estimate of drug-likeness (QED) is 0.0373. The molecule has 0 aliphatic carbocycles. The zero-order valence-electron chi connectivity index (χ0n) is 48.2. The summed E-state index contributed by atoms with van der Waals surface area (Å²) in [7, 11) is 0.